The van der Waals surface area contributed by atoms with Crippen LogP contribution in [-0.4, -0.2) is 9.13 Å². The van der Waals surface area contributed by atoms with Crippen LogP contribution in [0.25, 0.3) is 66.1 Å². The van der Waals surface area contributed by atoms with E-state index >= 15 is 0 Å². The van der Waals surface area contributed by atoms with Gasteiger partial charge in [-0.15, -0.1) is 0 Å². The Hall–Kier alpha value is -6.43. The van der Waals surface area contributed by atoms with Crippen LogP contribution in [0.4, 0.5) is 52.7 Å². The quantitative estimate of drug-likeness (QED) is 0.164. The minimum absolute atomic E-state index is 0.0610. The Morgan fingerprint density at radius 3 is 1.20 bits per heavy atom. The highest BCUT2D eigenvalue weighted by Crippen LogP contribution is 2.45. The maximum absolute atomic E-state index is 14.2. The summed E-state index contributed by atoms with van der Waals surface area (Å²) in [4.78, 5) is 0. The number of hydrogen-bond donors (Lipinski definition) is 0. The van der Waals surface area contributed by atoms with Gasteiger partial charge < -0.3 is 9.13 Å². The minimum Gasteiger partial charge on any atom is -0.307 e. The fourth-order valence-corrected chi connectivity index (χ4v) is 7.19. The molecular formula is C41H19F12N3. The van der Waals surface area contributed by atoms with Crippen molar-refractivity contribution in [2.24, 2.45) is 0 Å². The van der Waals surface area contributed by atoms with E-state index in [-0.39, 0.29) is 44.9 Å². The molecule has 0 radical (unpaired) electrons. The second kappa shape index (κ2) is 12.3. The zero-order chi connectivity index (χ0) is 40.1. The van der Waals surface area contributed by atoms with E-state index in [1.165, 1.54) is 27.3 Å². The molecule has 0 aliphatic carbocycles. The van der Waals surface area contributed by atoms with Crippen LogP contribution < -0.4 is 0 Å². The first-order chi connectivity index (χ1) is 26.3. The SMILES string of the molecule is N#Cc1cc(-n2c3ccccc3c3ccc(C(F)(F)F)cc32)c(-n2c3ccccc3c3ccc(C(F)(F)F)cc32)cc1-c1cc(C(F)(F)F)cc(C(F)(F)F)c1. The largest absolute Gasteiger partial charge is 0.416 e. The molecule has 56 heavy (non-hydrogen) atoms. The number of benzene rings is 6. The predicted octanol–water partition coefficient (Wildman–Crippen LogP) is 13.5. The third-order valence-electron chi connectivity index (χ3n) is 9.62. The number of alkyl halides is 12. The molecule has 0 spiro atoms. The molecule has 282 valence electrons. The summed E-state index contributed by atoms with van der Waals surface area (Å²) in [5.74, 6) is 0. The molecule has 0 N–H and O–H groups in total. The molecule has 0 bridgehead atoms. The van der Waals surface area contributed by atoms with Gasteiger partial charge in [0.25, 0.3) is 0 Å². The molecule has 0 aliphatic rings. The summed E-state index contributed by atoms with van der Waals surface area (Å²) in [6.45, 7) is 0. The zero-order valence-corrected chi connectivity index (χ0v) is 27.8. The highest BCUT2D eigenvalue weighted by atomic mass is 19.4. The van der Waals surface area contributed by atoms with Crippen LogP contribution in [0.1, 0.15) is 27.8 Å². The lowest BCUT2D eigenvalue weighted by Gasteiger charge is -2.21. The molecule has 0 atom stereocenters. The maximum atomic E-state index is 14.2. The van der Waals surface area contributed by atoms with Crippen LogP contribution in [0.5, 0.6) is 0 Å². The maximum Gasteiger partial charge on any atom is 0.416 e. The first-order valence-electron chi connectivity index (χ1n) is 16.4. The lowest BCUT2D eigenvalue weighted by Crippen LogP contribution is -2.11. The fraction of sp³-hybridized carbons (Fsp3) is 0.0976. The molecule has 8 rings (SSSR count). The third-order valence-corrected chi connectivity index (χ3v) is 9.62. The predicted molar refractivity (Wildman–Crippen MR) is 185 cm³/mol. The number of fused-ring (bicyclic) bond motifs is 6. The highest BCUT2D eigenvalue weighted by Gasteiger charge is 2.38. The van der Waals surface area contributed by atoms with Gasteiger partial charge in [0.1, 0.15) is 0 Å². The van der Waals surface area contributed by atoms with E-state index in [4.69, 9.17) is 0 Å². The Balaban J connectivity index is 1.59. The number of hydrogen-bond acceptors (Lipinski definition) is 1. The van der Waals surface area contributed by atoms with Crippen molar-refractivity contribution in [2.45, 2.75) is 24.7 Å². The number of nitrogens with zero attached hydrogens (tertiary/aromatic N) is 3. The number of aromatic nitrogens is 2. The fourth-order valence-electron chi connectivity index (χ4n) is 7.19. The van der Waals surface area contributed by atoms with Crippen molar-refractivity contribution in [3.63, 3.8) is 0 Å². The van der Waals surface area contributed by atoms with Crippen molar-refractivity contribution in [1.82, 2.24) is 9.13 Å². The van der Waals surface area contributed by atoms with E-state index in [1.807, 2.05) is 0 Å². The Labute approximate surface area is 306 Å². The summed E-state index contributed by atoms with van der Waals surface area (Å²) in [6.07, 6.45) is -20.2. The van der Waals surface area contributed by atoms with Gasteiger partial charge >= 0.3 is 24.7 Å². The van der Waals surface area contributed by atoms with Crippen LogP contribution in [0.3, 0.4) is 0 Å². The monoisotopic (exact) mass is 781 g/mol. The molecule has 6 aromatic carbocycles. The van der Waals surface area contributed by atoms with Crippen molar-refractivity contribution in [1.29, 1.82) is 5.26 Å². The van der Waals surface area contributed by atoms with E-state index in [0.29, 0.717) is 28.3 Å². The second-order valence-electron chi connectivity index (χ2n) is 13.0. The second-order valence-corrected chi connectivity index (χ2v) is 13.0. The number of para-hydroxylation sites is 2. The summed E-state index contributed by atoms with van der Waals surface area (Å²) in [5.41, 5.74) is -7.12. The van der Waals surface area contributed by atoms with Crippen molar-refractivity contribution in [3.8, 4) is 28.6 Å². The first kappa shape index (κ1) is 36.5. The topological polar surface area (TPSA) is 33.6 Å². The molecule has 0 saturated carbocycles. The Morgan fingerprint density at radius 1 is 0.393 bits per heavy atom. The molecule has 15 heteroatoms. The van der Waals surface area contributed by atoms with Crippen LogP contribution in [0, 0.1) is 11.3 Å². The minimum atomic E-state index is -5.27. The lowest BCUT2D eigenvalue weighted by atomic mass is 9.94. The van der Waals surface area contributed by atoms with Crippen LogP contribution in [-0.2, 0) is 24.7 Å². The van der Waals surface area contributed by atoms with Gasteiger partial charge in [0, 0.05) is 27.1 Å². The number of nitriles is 1. The van der Waals surface area contributed by atoms with Gasteiger partial charge in [-0.05, 0) is 72.3 Å². The average Bonchev–Trinajstić information content (AvgIpc) is 3.65. The van der Waals surface area contributed by atoms with E-state index in [2.05, 4.69) is 0 Å². The molecule has 0 amide bonds. The summed E-state index contributed by atoms with van der Waals surface area (Å²) in [6, 6.07) is 23.1. The van der Waals surface area contributed by atoms with E-state index in [9.17, 15) is 57.9 Å². The van der Waals surface area contributed by atoms with Crippen LogP contribution in [0.2, 0.25) is 0 Å². The zero-order valence-electron chi connectivity index (χ0n) is 27.8. The van der Waals surface area contributed by atoms with E-state index in [1.54, 1.807) is 48.5 Å². The van der Waals surface area contributed by atoms with Gasteiger partial charge in [-0.1, -0.05) is 48.5 Å². The van der Waals surface area contributed by atoms with Crippen LogP contribution >= 0.6 is 0 Å². The van der Waals surface area contributed by atoms with Gasteiger partial charge in [-0.2, -0.15) is 57.9 Å². The Morgan fingerprint density at radius 2 is 0.786 bits per heavy atom. The third kappa shape index (κ3) is 5.96. The van der Waals surface area contributed by atoms with Crippen LogP contribution in [0.15, 0.2) is 115 Å². The number of halogens is 12. The Kier molecular flexibility index (Phi) is 8.02. The molecule has 3 nitrogen and oxygen atoms in total. The van der Waals surface area contributed by atoms with Gasteiger partial charge in [-0.25, -0.2) is 0 Å². The molecule has 0 fully saturated rings. The van der Waals surface area contributed by atoms with Crippen molar-refractivity contribution >= 4 is 43.6 Å². The lowest BCUT2D eigenvalue weighted by molar-refractivity contribution is -0.143. The summed E-state index contributed by atoms with van der Waals surface area (Å²) >= 11 is 0. The molecular weight excluding hydrogens is 762 g/mol. The van der Waals surface area contributed by atoms with Gasteiger partial charge in [0.2, 0.25) is 0 Å². The van der Waals surface area contributed by atoms with Crippen molar-refractivity contribution in [3.05, 3.63) is 143 Å². The highest BCUT2D eigenvalue weighted by molar-refractivity contribution is 6.12. The van der Waals surface area contributed by atoms with Crippen molar-refractivity contribution in [2.75, 3.05) is 0 Å². The summed E-state index contributed by atoms with van der Waals surface area (Å²) in [7, 11) is 0. The molecule has 0 aliphatic heterocycles. The smallest absolute Gasteiger partial charge is 0.307 e. The standard InChI is InChI=1S/C41H19F12N3/c42-38(43,44)23-9-11-29-27-5-1-3-7-32(27)55(34(29)17-23)36-15-22(20-54)31(21-13-25(40(48,49)50)16-26(14-21)41(51,52)53)19-37(36)56-33-8-4-2-6-28(33)30-12-10-24(18-35(30)56)39(45,46)47/h1-19H. The summed E-state index contributed by atoms with van der Waals surface area (Å²) < 4.78 is 172. The summed E-state index contributed by atoms with van der Waals surface area (Å²) in [5, 5.41) is 11.8. The molecule has 2 heterocycles. The Bertz CT molecular complexity index is 2900. The number of rotatable bonds is 3. The molecule has 8 aromatic rings. The average molecular weight is 782 g/mol. The van der Waals surface area contributed by atoms with Gasteiger partial charge in [0.05, 0.1) is 67.3 Å². The van der Waals surface area contributed by atoms with Gasteiger partial charge in [-0.3, -0.25) is 0 Å². The van der Waals surface area contributed by atoms with E-state index in [0.717, 1.165) is 36.4 Å². The molecule has 2 aromatic heterocycles. The molecule has 0 saturated heterocycles. The first-order valence-corrected chi connectivity index (χ1v) is 16.4. The molecule has 0 unspecified atom stereocenters. The normalized spacial score (nSPS) is 13.0. The van der Waals surface area contributed by atoms with Crippen molar-refractivity contribution < 1.29 is 52.7 Å². The van der Waals surface area contributed by atoms with Gasteiger partial charge in [0.15, 0.2) is 0 Å². The van der Waals surface area contributed by atoms with E-state index < -0.39 is 63.6 Å².